The Morgan fingerprint density at radius 3 is 2.85 bits per heavy atom. The van der Waals surface area contributed by atoms with Crippen molar-refractivity contribution in [3.05, 3.63) is 42.1 Å². The maximum Gasteiger partial charge on any atom is 0.249 e. The van der Waals surface area contributed by atoms with E-state index in [4.69, 9.17) is 4.74 Å². The van der Waals surface area contributed by atoms with Crippen molar-refractivity contribution in [1.82, 2.24) is 15.5 Å². The van der Waals surface area contributed by atoms with Gasteiger partial charge < -0.3 is 10.1 Å². The Labute approximate surface area is 117 Å². The highest BCUT2D eigenvalue weighted by Crippen LogP contribution is 2.17. The molecule has 2 aromatic rings. The maximum atomic E-state index is 11.8. The van der Waals surface area contributed by atoms with Gasteiger partial charge in [0.2, 0.25) is 5.91 Å². The molecule has 5 nitrogen and oxygen atoms in total. The number of aromatic nitrogens is 2. The van der Waals surface area contributed by atoms with Gasteiger partial charge in [0, 0.05) is 19.3 Å². The predicted molar refractivity (Wildman–Crippen MR) is 74.8 cm³/mol. The average Bonchev–Trinajstić information content (AvgIpc) is 3.18. The summed E-state index contributed by atoms with van der Waals surface area (Å²) in [5, 5.41) is 9.76. The Morgan fingerprint density at radius 1 is 1.35 bits per heavy atom. The van der Waals surface area contributed by atoms with Crippen LogP contribution in [0.5, 0.6) is 0 Å². The number of benzene rings is 1. The smallest absolute Gasteiger partial charge is 0.249 e. The first-order valence-corrected chi connectivity index (χ1v) is 6.81. The first-order chi connectivity index (χ1) is 9.83. The fraction of sp³-hybridized carbons (Fsp3) is 0.333. The first-order valence-electron chi connectivity index (χ1n) is 6.81. The van der Waals surface area contributed by atoms with Gasteiger partial charge in [0.05, 0.1) is 5.69 Å². The summed E-state index contributed by atoms with van der Waals surface area (Å²) in [6, 6.07) is 9.97. The Morgan fingerprint density at radius 2 is 2.20 bits per heavy atom. The third-order valence-corrected chi connectivity index (χ3v) is 3.45. The van der Waals surface area contributed by atoms with Crippen LogP contribution in [0, 0.1) is 0 Å². The van der Waals surface area contributed by atoms with Gasteiger partial charge in [0.1, 0.15) is 6.10 Å². The van der Waals surface area contributed by atoms with Gasteiger partial charge in [-0.1, -0.05) is 24.3 Å². The van der Waals surface area contributed by atoms with Gasteiger partial charge in [0.15, 0.2) is 0 Å². The van der Waals surface area contributed by atoms with Crippen LogP contribution >= 0.6 is 0 Å². The van der Waals surface area contributed by atoms with Crippen molar-refractivity contribution in [1.29, 1.82) is 0 Å². The number of nitrogens with zero attached hydrogens (tertiary/aromatic N) is 1. The summed E-state index contributed by atoms with van der Waals surface area (Å²) in [6.07, 6.45) is 3.26. The largest absolute Gasteiger partial charge is 0.368 e. The molecule has 1 aliphatic heterocycles. The summed E-state index contributed by atoms with van der Waals surface area (Å²) in [5.41, 5.74) is 3.14. The molecule has 104 valence electrons. The van der Waals surface area contributed by atoms with E-state index in [0.717, 1.165) is 29.7 Å². The van der Waals surface area contributed by atoms with Crippen LogP contribution in [-0.2, 0) is 16.1 Å². The van der Waals surface area contributed by atoms with Crippen LogP contribution in [0.15, 0.2) is 36.5 Å². The molecule has 1 amide bonds. The number of aromatic amines is 1. The molecule has 1 fully saturated rings. The van der Waals surface area contributed by atoms with Crippen LogP contribution in [0.4, 0.5) is 0 Å². The van der Waals surface area contributed by atoms with Gasteiger partial charge in [-0.25, -0.2) is 0 Å². The molecule has 1 saturated heterocycles. The third kappa shape index (κ3) is 2.88. The number of hydrogen-bond acceptors (Lipinski definition) is 3. The lowest BCUT2D eigenvalue weighted by Crippen LogP contribution is -2.33. The summed E-state index contributed by atoms with van der Waals surface area (Å²) in [7, 11) is 0. The lowest BCUT2D eigenvalue weighted by Gasteiger charge is -2.10. The molecule has 20 heavy (non-hydrogen) atoms. The van der Waals surface area contributed by atoms with Crippen molar-refractivity contribution in [3.63, 3.8) is 0 Å². The number of ether oxygens (including phenoxy) is 1. The van der Waals surface area contributed by atoms with E-state index in [1.807, 2.05) is 30.3 Å². The fourth-order valence-electron chi connectivity index (χ4n) is 2.31. The summed E-state index contributed by atoms with van der Waals surface area (Å²) >= 11 is 0. The van der Waals surface area contributed by atoms with E-state index < -0.39 is 0 Å². The molecule has 0 radical (unpaired) electrons. The van der Waals surface area contributed by atoms with Crippen molar-refractivity contribution in [3.8, 4) is 11.3 Å². The topological polar surface area (TPSA) is 67.0 Å². The minimum Gasteiger partial charge on any atom is -0.368 e. The lowest BCUT2D eigenvalue weighted by molar-refractivity contribution is -0.130. The van der Waals surface area contributed by atoms with Crippen molar-refractivity contribution in [2.75, 3.05) is 6.61 Å². The molecule has 1 aromatic carbocycles. The number of H-pyrrole nitrogens is 1. The fourth-order valence-corrected chi connectivity index (χ4v) is 2.31. The maximum absolute atomic E-state index is 11.8. The van der Waals surface area contributed by atoms with Crippen LogP contribution < -0.4 is 5.32 Å². The highest BCUT2D eigenvalue weighted by Gasteiger charge is 2.22. The van der Waals surface area contributed by atoms with E-state index in [1.54, 1.807) is 6.20 Å². The normalized spacial score (nSPS) is 18.1. The van der Waals surface area contributed by atoms with Gasteiger partial charge in [-0.2, -0.15) is 5.10 Å². The second-order valence-corrected chi connectivity index (χ2v) is 4.89. The zero-order chi connectivity index (χ0) is 13.8. The van der Waals surface area contributed by atoms with Crippen LogP contribution in [-0.4, -0.2) is 28.8 Å². The van der Waals surface area contributed by atoms with E-state index >= 15 is 0 Å². The van der Waals surface area contributed by atoms with Crippen LogP contribution in [0.1, 0.15) is 18.4 Å². The molecule has 2 heterocycles. The highest BCUT2D eigenvalue weighted by molar-refractivity contribution is 5.80. The number of carbonyl (C=O) groups is 1. The summed E-state index contributed by atoms with van der Waals surface area (Å²) in [4.78, 5) is 11.8. The van der Waals surface area contributed by atoms with Crippen molar-refractivity contribution in [2.24, 2.45) is 0 Å². The number of rotatable bonds is 4. The second kappa shape index (κ2) is 5.88. The van der Waals surface area contributed by atoms with E-state index in [0.29, 0.717) is 13.2 Å². The van der Waals surface area contributed by atoms with Crippen molar-refractivity contribution >= 4 is 5.91 Å². The van der Waals surface area contributed by atoms with Gasteiger partial charge in [-0.3, -0.25) is 9.89 Å². The molecular formula is C15H17N3O2. The summed E-state index contributed by atoms with van der Waals surface area (Å²) in [6.45, 7) is 1.22. The van der Waals surface area contributed by atoms with E-state index in [9.17, 15) is 4.79 Å². The molecule has 0 bridgehead atoms. The third-order valence-electron chi connectivity index (χ3n) is 3.45. The van der Waals surface area contributed by atoms with Crippen molar-refractivity contribution in [2.45, 2.75) is 25.5 Å². The Balaban J connectivity index is 1.57. The SMILES string of the molecule is O=C(NCc1ccc(-c2ccn[nH]2)cc1)[C@@H]1CCCO1. The highest BCUT2D eigenvalue weighted by atomic mass is 16.5. The zero-order valence-corrected chi connectivity index (χ0v) is 11.1. The molecule has 0 spiro atoms. The number of hydrogen-bond donors (Lipinski definition) is 2. The van der Waals surface area contributed by atoms with Crippen LogP contribution in [0.2, 0.25) is 0 Å². The molecule has 2 N–H and O–H groups in total. The van der Waals surface area contributed by atoms with Crippen molar-refractivity contribution < 1.29 is 9.53 Å². The molecule has 1 atom stereocenters. The molecule has 3 rings (SSSR count). The zero-order valence-electron chi connectivity index (χ0n) is 11.1. The number of carbonyl (C=O) groups excluding carboxylic acids is 1. The molecule has 0 aliphatic carbocycles. The summed E-state index contributed by atoms with van der Waals surface area (Å²) in [5.74, 6) is -0.0138. The van der Waals surface area contributed by atoms with Gasteiger partial charge in [-0.05, 0) is 30.0 Å². The standard InChI is InChI=1S/C15H17N3O2/c19-15(14-2-1-9-20-14)16-10-11-3-5-12(6-4-11)13-7-8-17-18-13/h3-8,14H,1-2,9-10H2,(H,16,19)(H,17,18)/t14-/m0/s1. The van der Waals surface area contributed by atoms with E-state index in [1.165, 1.54) is 0 Å². The molecule has 5 heteroatoms. The van der Waals surface area contributed by atoms with E-state index in [-0.39, 0.29) is 12.0 Å². The quantitative estimate of drug-likeness (QED) is 0.892. The van der Waals surface area contributed by atoms with Crippen LogP contribution in [0.3, 0.4) is 0 Å². The summed E-state index contributed by atoms with van der Waals surface area (Å²) < 4.78 is 5.35. The average molecular weight is 271 g/mol. The molecule has 0 unspecified atom stereocenters. The van der Waals surface area contributed by atoms with Crippen LogP contribution in [0.25, 0.3) is 11.3 Å². The Hall–Kier alpha value is -2.14. The van der Waals surface area contributed by atoms with Gasteiger partial charge in [0.25, 0.3) is 0 Å². The second-order valence-electron chi connectivity index (χ2n) is 4.89. The molecular weight excluding hydrogens is 254 g/mol. The van der Waals surface area contributed by atoms with Gasteiger partial charge >= 0.3 is 0 Å². The minimum absolute atomic E-state index is 0.0138. The molecule has 0 saturated carbocycles. The van der Waals surface area contributed by atoms with E-state index in [2.05, 4.69) is 15.5 Å². The Bertz CT molecular complexity index is 557. The molecule has 1 aromatic heterocycles. The predicted octanol–water partition coefficient (Wildman–Crippen LogP) is 1.87. The molecule has 1 aliphatic rings. The number of nitrogens with one attached hydrogen (secondary N) is 2. The van der Waals surface area contributed by atoms with Gasteiger partial charge in [-0.15, -0.1) is 0 Å². The first kappa shape index (κ1) is 12.9. The number of amides is 1. The Kier molecular flexibility index (Phi) is 3.78. The lowest BCUT2D eigenvalue weighted by atomic mass is 10.1. The minimum atomic E-state index is -0.265. The monoisotopic (exact) mass is 271 g/mol.